The van der Waals surface area contributed by atoms with Crippen LogP contribution in [0.1, 0.15) is 50.0 Å². The summed E-state index contributed by atoms with van der Waals surface area (Å²) in [5.41, 5.74) is 2.17. The Morgan fingerprint density at radius 1 is 1.21 bits per heavy atom. The molecule has 3 heterocycles. The van der Waals surface area contributed by atoms with Gasteiger partial charge in [-0.1, -0.05) is 42.4 Å². The Hall–Kier alpha value is -3.02. The number of pyridine rings is 1. The minimum atomic E-state index is 0.172. The first kappa shape index (κ1) is 19.3. The number of hydrogen-bond acceptors (Lipinski definition) is 5. The maximum absolute atomic E-state index is 13.0. The summed E-state index contributed by atoms with van der Waals surface area (Å²) >= 11 is 0. The lowest BCUT2D eigenvalue weighted by atomic mass is 9.87. The van der Waals surface area contributed by atoms with E-state index >= 15 is 0 Å². The standard InChI is InChI=1S/C23H26N4O2/c1-2-19(17-7-4-3-5-8-17)20-9-6-16-27(20)22(28)11-10-21-25-23(26-29-21)18-12-14-24-15-13-18/h3-5,7-8,12-15,19-20H,2,6,9-11,16H2,1H3/t19-,20+/m0/s1. The minimum absolute atomic E-state index is 0.172. The molecule has 0 saturated carbocycles. The fraction of sp³-hybridized carbons (Fsp3) is 0.391. The van der Waals surface area contributed by atoms with Gasteiger partial charge in [-0.3, -0.25) is 9.78 Å². The first-order valence-electron chi connectivity index (χ1n) is 10.3. The molecule has 0 bridgehead atoms. The van der Waals surface area contributed by atoms with Crippen molar-refractivity contribution in [1.29, 1.82) is 0 Å². The van der Waals surface area contributed by atoms with Crippen LogP contribution < -0.4 is 0 Å². The summed E-state index contributed by atoms with van der Waals surface area (Å²) in [7, 11) is 0. The van der Waals surface area contributed by atoms with Crippen LogP contribution >= 0.6 is 0 Å². The van der Waals surface area contributed by atoms with Crippen molar-refractivity contribution in [3.8, 4) is 11.4 Å². The van der Waals surface area contributed by atoms with E-state index in [4.69, 9.17) is 4.52 Å². The van der Waals surface area contributed by atoms with Gasteiger partial charge in [-0.2, -0.15) is 4.98 Å². The number of aryl methyl sites for hydroxylation is 1. The predicted octanol–water partition coefficient (Wildman–Crippen LogP) is 4.25. The second-order valence-electron chi connectivity index (χ2n) is 7.47. The van der Waals surface area contributed by atoms with Gasteiger partial charge >= 0.3 is 0 Å². The molecular weight excluding hydrogens is 364 g/mol. The minimum Gasteiger partial charge on any atom is -0.339 e. The number of hydrogen-bond donors (Lipinski definition) is 0. The van der Waals surface area contributed by atoms with Gasteiger partial charge in [-0.05, 0) is 37.0 Å². The Morgan fingerprint density at radius 3 is 2.76 bits per heavy atom. The van der Waals surface area contributed by atoms with Crippen LogP contribution in [0.4, 0.5) is 0 Å². The Balaban J connectivity index is 1.40. The zero-order valence-electron chi connectivity index (χ0n) is 16.7. The van der Waals surface area contributed by atoms with Crippen molar-refractivity contribution < 1.29 is 9.32 Å². The molecule has 1 aromatic carbocycles. The normalized spacial score (nSPS) is 17.4. The zero-order chi connectivity index (χ0) is 20.1. The van der Waals surface area contributed by atoms with E-state index in [0.717, 1.165) is 31.4 Å². The average molecular weight is 390 g/mol. The summed E-state index contributed by atoms with van der Waals surface area (Å²) in [6.45, 7) is 3.04. The van der Waals surface area contributed by atoms with Gasteiger partial charge in [-0.15, -0.1) is 0 Å². The first-order chi connectivity index (χ1) is 14.3. The molecule has 6 nitrogen and oxygen atoms in total. The summed E-state index contributed by atoms with van der Waals surface area (Å²) in [5.74, 6) is 1.58. The molecule has 1 aliphatic heterocycles. The summed E-state index contributed by atoms with van der Waals surface area (Å²) in [6, 6.07) is 14.5. The summed E-state index contributed by atoms with van der Waals surface area (Å²) in [5, 5.41) is 4.02. The third-order valence-electron chi connectivity index (χ3n) is 5.71. The topological polar surface area (TPSA) is 72.1 Å². The molecule has 1 aliphatic rings. The third-order valence-corrected chi connectivity index (χ3v) is 5.71. The van der Waals surface area contributed by atoms with E-state index in [-0.39, 0.29) is 11.9 Å². The van der Waals surface area contributed by atoms with Crippen molar-refractivity contribution in [1.82, 2.24) is 20.0 Å². The van der Waals surface area contributed by atoms with Crippen LogP contribution in [0.25, 0.3) is 11.4 Å². The number of likely N-dealkylation sites (tertiary alicyclic amines) is 1. The van der Waals surface area contributed by atoms with Gasteiger partial charge in [-0.25, -0.2) is 0 Å². The highest BCUT2D eigenvalue weighted by Crippen LogP contribution is 2.34. The fourth-order valence-corrected chi connectivity index (χ4v) is 4.28. The van der Waals surface area contributed by atoms with Gasteiger partial charge in [0.25, 0.3) is 0 Å². The van der Waals surface area contributed by atoms with Crippen molar-refractivity contribution in [2.24, 2.45) is 0 Å². The predicted molar refractivity (Wildman–Crippen MR) is 110 cm³/mol. The molecule has 1 amide bonds. The van der Waals surface area contributed by atoms with E-state index in [1.54, 1.807) is 12.4 Å². The van der Waals surface area contributed by atoms with E-state index < -0.39 is 0 Å². The Bertz CT molecular complexity index is 926. The van der Waals surface area contributed by atoms with Crippen LogP contribution in [0, 0.1) is 0 Å². The number of amides is 1. The molecule has 3 aromatic rings. The third kappa shape index (κ3) is 4.36. The molecule has 4 rings (SSSR count). The summed E-state index contributed by atoms with van der Waals surface area (Å²) < 4.78 is 5.34. The van der Waals surface area contributed by atoms with Crippen LogP contribution in [0.5, 0.6) is 0 Å². The van der Waals surface area contributed by atoms with E-state index in [1.807, 2.05) is 18.2 Å². The van der Waals surface area contributed by atoms with Gasteiger partial charge < -0.3 is 9.42 Å². The molecule has 2 atom stereocenters. The van der Waals surface area contributed by atoms with Gasteiger partial charge in [0.1, 0.15) is 0 Å². The molecule has 29 heavy (non-hydrogen) atoms. The van der Waals surface area contributed by atoms with E-state index in [9.17, 15) is 4.79 Å². The second kappa shape index (κ2) is 8.99. The quantitative estimate of drug-likeness (QED) is 0.603. The SMILES string of the molecule is CC[C@@H](c1ccccc1)[C@H]1CCCN1C(=O)CCc1nc(-c2ccncc2)no1. The molecule has 0 aliphatic carbocycles. The van der Waals surface area contributed by atoms with Crippen LogP contribution in [0.15, 0.2) is 59.4 Å². The highest BCUT2D eigenvalue weighted by Gasteiger charge is 2.34. The maximum Gasteiger partial charge on any atom is 0.227 e. The molecule has 1 saturated heterocycles. The van der Waals surface area contributed by atoms with Crippen LogP contribution in [-0.2, 0) is 11.2 Å². The summed E-state index contributed by atoms with van der Waals surface area (Å²) in [4.78, 5) is 23.5. The van der Waals surface area contributed by atoms with Crippen molar-refractivity contribution in [3.05, 3.63) is 66.3 Å². The number of aromatic nitrogens is 3. The molecule has 0 N–H and O–H groups in total. The highest BCUT2D eigenvalue weighted by atomic mass is 16.5. The molecule has 0 unspecified atom stereocenters. The number of nitrogens with zero attached hydrogens (tertiary/aromatic N) is 4. The van der Waals surface area contributed by atoms with E-state index in [1.165, 1.54) is 5.56 Å². The van der Waals surface area contributed by atoms with E-state index in [2.05, 4.69) is 51.2 Å². The molecule has 150 valence electrons. The average Bonchev–Trinajstić information content (AvgIpc) is 3.44. The molecule has 0 spiro atoms. The Morgan fingerprint density at radius 2 is 2.00 bits per heavy atom. The number of benzene rings is 1. The smallest absolute Gasteiger partial charge is 0.227 e. The fourth-order valence-electron chi connectivity index (χ4n) is 4.28. The second-order valence-corrected chi connectivity index (χ2v) is 7.47. The lowest BCUT2D eigenvalue weighted by Crippen LogP contribution is -2.39. The largest absolute Gasteiger partial charge is 0.339 e. The highest BCUT2D eigenvalue weighted by molar-refractivity contribution is 5.77. The number of carbonyl (C=O) groups excluding carboxylic acids is 1. The monoisotopic (exact) mass is 390 g/mol. The Kier molecular flexibility index (Phi) is 5.98. The van der Waals surface area contributed by atoms with Crippen LogP contribution in [-0.4, -0.2) is 38.5 Å². The van der Waals surface area contributed by atoms with Crippen molar-refractivity contribution in [3.63, 3.8) is 0 Å². The lowest BCUT2D eigenvalue weighted by molar-refractivity contribution is -0.132. The van der Waals surface area contributed by atoms with Gasteiger partial charge in [0, 0.05) is 49.3 Å². The van der Waals surface area contributed by atoms with Crippen molar-refractivity contribution >= 4 is 5.91 Å². The van der Waals surface area contributed by atoms with Crippen LogP contribution in [0.3, 0.4) is 0 Å². The molecule has 6 heteroatoms. The van der Waals surface area contributed by atoms with Crippen LogP contribution in [0.2, 0.25) is 0 Å². The van der Waals surface area contributed by atoms with E-state index in [0.29, 0.717) is 30.5 Å². The Labute approximate surface area is 171 Å². The molecule has 2 aromatic heterocycles. The zero-order valence-corrected chi connectivity index (χ0v) is 16.7. The molecule has 0 radical (unpaired) electrons. The molecular formula is C23H26N4O2. The van der Waals surface area contributed by atoms with Crippen molar-refractivity contribution in [2.45, 2.75) is 51.0 Å². The van der Waals surface area contributed by atoms with Gasteiger partial charge in [0.15, 0.2) is 0 Å². The summed E-state index contributed by atoms with van der Waals surface area (Å²) in [6.07, 6.45) is 7.39. The number of carbonyl (C=O) groups is 1. The van der Waals surface area contributed by atoms with Gasteiger partial charge in [0.2, 0.25) is 17.6 Å². The van der Waals surface area contributed by atoms with Crippen molar-refractivity contribution in [2.75, 3.05) is 6.54 Å². The molecule has 1 fully saturated rings. The van der Waals surface area contributed by atoms with Gasteiger partial charge in [0.05, 0.1) is 0 Å². The lowest BCUT2D eigenvalue weighted by Gasteiger charge is -2.31. The first-order valence-corrected chi connectivity index (χ1v) is 10.3. The number of rotatable bonds is 7. The maximum atomic E-state index is 13.0.